The van der Waals surface area contributed by atoms with E-state index in [1.54, 1.807) is 21.2 Å². The molecule has 0 unspecified atom stereocenters. The van der Waals surface area contributed by atoms with E-state index in [1.165, 1.54) is 4.31 Å². The van der Waals surface area contributed by atoms with Gasteiger partial charge in [0.05, 0.1) is 5.75 Å². The number of ether oxygens (including phenoxy) is 1. The minimum absolute atomic E-state index is 0.146. The first-order chi connectivity index (χ1) is 6.54. The van der Waals surface area contributed by atoms with Gasteiger partial charge in [0.1, 0.15) is 0 Å². The zero-order chi connectivity index (χ0) is 11.0. The summed E-state index contributed by atoms with van der Waals surface area (Å²) in [6, 6.07) is 0. The van der Waals surface area contributed by atoms with Crippen LogP contribution < -0.4 is 5.32 Å². The maximum atomic E-state index is 11.5. The molecule has 0 aromatic carbocycles. The van der Waals surface area contributed by atoms with Crippen LogP contribution in [0.15, 0.2) is 0 Å². The SMILES string of the molecule is CNCCS(=O)(=O)N(C)CCCOC. The van der Waals surface area contributed by atoms with Gasteiger partial charge in [-0.3, -0.25) is 0 Å². The van der Waals surface area contributed by atoms with Crippen LogP contribution in [0.4, 0.5) is 0 Å². The fourth-order valence-electron chi connectivity index (χ4n) is 0.958. The largest absolute Gasteiger partial charge is 0.385 e. The molecular formula is C8H20N2O3S. The molecule has 0 saturated heterocycles. The van der Waals surface area contributed by atoms with Crippen molar-refractivity contribution >= 4 is 10.0 Å². The van der Waals surface area contributed by atoms with Gasteiger partial charge in [-0.2, -0.15) is 0 Å². The maximum absolute atomic E-state index is 11.5. The molecule has 0 aromatic heterocycles. The van der Waals surface area contributed by atoms with Gasteiger partial charge in [0.2, 0.25) is 10.0 Å². The molecule has 0 spiro atoms. The monoisotopic (exact) mass is 224 g/mol. The number of nitrogens with one attached hydrogen (secondary N) is 1. The lowest BCUT2D eigenvalue weighted by molar-refractivity contribution is 0.189. The van der Waals surface area contributed by atoms with Crippen LogP contribution in [-0.2, 0) is 14.8 Å². The van der Waals surface area contributed by atoms with Crippen molar-refractivity contribution in [2.24, 2.45) is 0 Å². The van der Waals surface area contributed by atoms with Crippen LogP contribution in [0.5, 0.6) is 0 Å². The van der Waals surface area contributed by atoms with Gasteiger partial charge in [0.15, 0.2) is 0 Å². The Morgan fingerprint density at radius 3 is 2.57 bits per heavy atom. The summed E-state index contributed by atoms with van der Waals surface area (Å²) in [6.45, 7) is 1.59. The molecule has 14 heavy (non-hydrogen) atoms. The van der Waals surface area contributed by atoms with Crippen molar-refractivity contribution in [1.82, 2.24) is 9.62 Å². The number of methoxy groups -OCH3 is 1. The van der Waals surface area contributed by atoms with Crippen LogP contribution >= 0.6 is 0 Å². The molecule has 0 heterocycles. The van der Waals surface area contributed by atoms with Crippen LogP contribution in [0.2, 0.25) is 0 Å². The molecular weight excluding hydrogens is 204 g/mol. The van der Waals surface area contributed by atoms with Crippen molar-refractivity contribution in [1.29, 1.82) is 0 Å². The molecule has 0 radical (unpaired) electrons. The predicted octanol–water partition coefficient (Wildman–Crippen LogP) is -0.496. The molecule has 0 bridgehead atoms. The summed E-state index contributed by atoms with van der Waals surface area (Å²) in [5, 5.41) is 2.82. The lowest BCUT2D eigenvalue weighted by atomic mass is 10.5. The van der Waals surface area contributed by atoms with Crippen molar-refractivity contribution in [2.45, 2.75) is 6.42 Å². The highest BCUT2D eigenvalue weighted by Gasteiger charge is 2.15. The third-order valence-corrected chi connectivity index (χ3v) is 3.76. The summed E-state index contributed by atoms with van der Waals surface area (Å²) >= 11 is 0. The second-order valence-electron chi connectivity index (χ2n) is 3.09. The Morgan fingerprint density at radius 2 is 2.07 bits per heavy atom. The maximum Gasteiger partial charge on any atom is 0.215 e. The molecule has 0 aliphatic heterocycles. The Balaban J connectivity index is 3.89. The predicted molar refractivity (Wildman–Crippen MR) is 56.8 cm³/mol. The van der Waals surface area contributed by atoms with Crippen molar-refractivity contribution < 1.29 is 13.2 Å². The summed E-state index contributed by atoms with van der Waals surface area (Å²) in [7, 11) is 1.85. The van der Waals surface area contributed by atoms with Crippen molar-refractivity contribution in [3.63, 3.8) is 0 Å². The van der Waals surface area contributed by atoms with Gasteiger partial charge in [-0.15, -0.1) is 0 Å². The van der Waals surface area contributed by atoms with E-state index in [0.717, 1.165) is 6.42 Å². The Bertz CT molecular complexity index is 229. The Morgan fingerprint density at radius 1 is 1.43 bits per heavy atom. The molecule has 0 aromatic rings. The lowest BCUT2D eigenvalue weighted by Gasteiger charge is -2.16. The smallest absolute Gasteiger partial charge is 0.215 e. The van der Waals surface area contributed by atoms with Crippen molar-refractivity contribution in [3.05, 3.63) is 0 Å². The van der Waals surface area contributed by atoms with Gasteiger partial charge in [0, 0.05) is 33.9 Å². The van der Waals surface area contributed by atoms with Crippen molar-refractivity contribution in [2.75, 3.05) is 46.7 Å². The second kappa shape index (κ2) is 7.17. The zero-order valence-corrected chi connectivity index (χ0v) is 9.93. The van der Waals surface area contributed by atoms with Gasteiger partial charge in [-0.1, -0.05) is 0 Å². The topological polar surface area (TPSA) is 58.6 Å². The highest BCUT2D eigenvalue weighted by atomic mass is 32.2. The fourth-order valence-corrected chi connectivity index (χ4v) is 2.14. The molecule has 0 amide bonds. The average Bonchev–Trinajstić information content (AvgIpc) is 2.15. The highest BCUT2D eigenvalue weighted by molar-refractivity contribution is 7.89. The molecule has 0 aliphatic carbocycles. The second-order valence-corrected chi connectivity index (χ2v) is 5.28. The standard InChI is InChI=1S/C8H20N2O3S/c1-9-5-8-14(11,12)10(2)6-4-7-13-3/h9H,4-8H2,1-3H3. The van der Waals surface area contributed by atoms with Gasteiger partial charge >= 0.3 is 0 Å². The fraction of sp³-hybridized carbons (Fsp3) is 1.00. The van der Waals surface area contributed by atoms with Crippen LogP contribution in [0.25, 0.3) is 0 Å². The van der Waals surface area contributed by atoms with E-state index >= 15 is 0 Å². The molecule has 0 saturated carbocycles. The summed E-state index contributed by atoms with van der Waals surface area (Å²) in [5.41, 5.74) is 0. The van der Waals surface area contributed by atoms with Crippen LogP contribution in [0.3, 0.4) is 0 Å². The summed E-state index contributed by atoms with van der Waals surface area (Å²) < 4.78 is 29.3. The van der Waals surface area contributed by atoms with Gasteiger partial charge in [-0.05, 0) is 13.5 Å². The molecule has 0 atom stereocenters. The number of hydrogen-bond acceptors (Lipinski definition) is 4. The van der Waals surface area contributed by atoms with Gasteiger partial charge in [-0.25, -0.2) is 12.7 Å². The number of sulfonamides is 1. The molecule has 0 rings (SSSR count). The number of nitrogens with zero attached hydrogens (tertiary/aromatic N) is 1. The number of hydrogen-bond donors (Lipinski definition) is 1. The molecule has 5 nitrogen and oxygen atoms in total. The van der Waals surface area contributed by atoms with E-state index in [-0.39, 0.29) is 5.75 Å². The first-order valence-corrected chi connectivity index (χ1v) is 6.23. The van der Waals surface area contributed by atoms with E-state index in [1.807, 2.05) is 0 Å². The lowest BCUT2D eigenvalue weighted by Crippen LogP contribution is -2.33. The summed E-state index contributed by atoms with van der Waals surface area (Å²) in [6.07, 6.45) is 0.728. The quantitative estimate of drug-likeness (QED) is 0.565. The molecule has 0 fully saturated rings. The first-order valence-electron chi connectivity index (χ1n) is 4.62. The third-order valence-electron chi connectivity index (χ3n) is 1.91. The molecule has 86 valence electrons. The Hall–Kier alpha value is -0.170. The Labute approximate surface area is 86.5 Å². The van der Waals surface area contributed by atoms with E-state index in [4.69, 9.17) is 4.74 Å². The van der Waals surface area contributed by atoms with Gasteiger partial charge < -0.3 is 10.1 Å². The molecule has 6 heteroatoms. The van der Waals surface area contributed by atoms with Crippen LogP contribution in [-0.4, -0.2) is 59.4 Å². The minimum atomic E-state index is -3.09. The van der Waals surface area contributed by atoms with Gasteiger partial charge in [0.25, 0.3) is 0 Å². The van der Waals surface area contributed by atoms with Crippen LogP contribution in [0.1, 0.15) is 6.42 Å². The molecule has 0 aliphatic rings. The minimum Gasteiger partial charge on any atom is -0.385 e. The Kier molecular flexibility index (Phi) is 7.08. The first kappa shape index (κ1) is 13.8. The van der Waals surface area contributed by atoms with E-state index < -0.39 is 10.0 Å². The van der Waals surface area contributed by atoms with Crippen LogP contribution in [0, 0.1) is 0 Å². The normalized spacial score (nSPS) is 12.3. The summed E-state index contributed by atoms with van der Waals surface area (Å²) in [4.78, 5) is 0. The van der Waals surface area contributed by atoms with E-state index in [9.17, 15) is 8.42 Å². The molecule has 1 N–H and O–H groups in total. The zero-order valence-electron chi connectivity index (χ0n) is 9.12. The third kappa shape index (κ3) is 5.54. The van der Waals surface area contributed by atoms with E-state index in [0.29, 0.717) is 19.7 Å². The van der Waals surface area contributed by atoms with Crippen molar-refractivity contribution in [3.8, 4) is 0 Å². The number of rotatable bonds is 8. The highest BCUT2D eigenvalue weighted by Crippen LogP contribution is 1.98. The van der Waals surface area contributed by atoms with E-state index in [2.05, 4.69) is 5.32 Å². The average molecular weight is 224 g/mol. The summed E-state index contributed by atoms with van der Waals surface area (Å²) in [5.74, 6) is 0.146.